The molecule has 1 aromatic carbocycles. The quantitative estimate of drug-likeness (QED) is 0.578. The van der Waals surface area contributed by atoms with Crippen LogP contribution in [0.3, 0.4) is 0 Å². The highest BCUT2D eigenvalue weighted by atomic mass is 79.9. The Hall–Kier alpha value is -0.840. The van der Waals surface area contributed by atoms with E-state index in [1.807, 2.05) is 0 Å². The largest absolute Gasteiger partial charge is 0.204 e. The van der Waals surface area contributed by atoms with Crippen LogP contribution >= 0.6 is 15.9 Å². The molecule has 5 heteroatoms. The Labute approximate surface area is 92.7 Å². The van der Waals surface area contributed by atoms with E-state index in [2.05, 4.69) is 22.5 Å². The Bertz CT molecular complexity index is 375. The molecule has 1 aromatic rings. The molecule has 0 amide bonds. The topological polar surface area (TPSA) is 0 Å². The average Bonchev–Trinajstić information content (AvgIpc) is 2.14. The molecule has 0 fully saturated rings. The van der Waals surface area contributed by atoms with Crippen LogP contribution in [0.25, 0.3) is 0 Å². The predicted molar refractivity (Wildman–Crippen MR) is 52.4 cm³/mol. The fourth-order valence-electron chi connectivity index (χ4n) is 0.984. The van der Waals surface area contributed by atoms with Gasteiger partial charge in [-0.1, -0.05) is 22.5 Å². The Morgan fingerprint density at radius 3 is 2.07 bits per heavy atom. The van der Waals surface area contributed by atoms with Crippen molar-refractivity contribution in [2.45, 2.75) is 6.42 Å². The first-order valence-electron chi connectivity index (χ1n) is 3.93. The first kappa shape index (κ1) is 12.2. The third kappa shape index (κ3) is 2.81. The van der Waals surface area contributed by atoms with Crippen molar-refractivity contribution in [3.63, 3.8) is 0 Å². The fraction of sp³-hybridized carbons (Fsp3) is 0.100. The van der Waals surface area contributed by atoms with Gasteiger partial charge in [-0.3, -0.25) is 0 Å². The number of hydrogen-bond donors (Lipinski definition) is 0. The summed E-state index contributed by atoms with van der Waals surface area (Å²) >= 11 is 2.96. The molecule has 0 saturated carbocycles. The number of allylic oxidation sites excluding steroid dienone is 1. The second-order valence-electron chi connectivity index (χ2n) is 2.81. The van der Waals surface area contributed by atoms with Crippen molar-refractivity contribution in [3.8, 4) is 0 Å². The van der Waals surface area contributed by atoms with Gasteiger partial charge in [0.1, 0.15) is 0 Å². The number of rotatable bonds is 3. The first-order valence-corrected chi connectivity index (χ1v) is 4.72. The Kier molecular flexibility index (Phi) is 3.90. The van der Waals surface area contributed by atoms with Crippen LogP contribution in [0.4, 0.5) is 17.6 Å². The summed E-state index contributed by atoms with van der Waals surface area (Å²) < 4.78 is 51.9. The van der Waals surface area contributed by atoms with E-state index in [1.54, 1.807) is 0 Å². The lowest BCUT2D eigenvalue weighted by Crippen LogP contribution is -2.01. The van der Waals surface area contributed by atoms with E-state index in [0.29, 0.717) is 4.48 Å². The van der Waals surface area contributed by atoms with E-state index >= 15 is 0 Å². The van der Waals surface area contributed by atoms with Crippen molar-refractivity contribution in [2.24, 2.45) is 0 Å². The minimum absolute atomic E-state index is 0.0801. The van der Waals surface area contributed by atoms with Crippen molar-refractivity contribution in [1.82, 2.24) is 0 Å². The molecule has 1 radical (unpaired) electrons. The van der Waals surface area contributed by atoms with Gasteiger partial charge in [-0.2, -0.15) is 0 Å². The summed E-state index contributed by atoms with van der Waals surface area (Å²) in [7, 11) is 0. The van der Waals surface area contributed by atoms with Crippen molar-refractivity contribution in [2.75, 3.05) is 0 Å². The van der Waals surface area contributed by atoms with Crippen LogP contribution in [0.15, 0.2) is 17.1 Å². The maximum Gasteiger partial charge on any atom is 0.165 e. The van der Waals surface area contributed by atoms with Gasteiger partial charge >= 0.3 is 0 Å². The molecular formula is C10H6BrF4. The molecule has 0 aromatic heterocycles. The summed E-state index contributed by atoms with van der Waals surface area (Å²) in [5.41, 5.74) is -0.715. The Morgan fingerprint density at radius 1 is 1.20 bits per heavy atom. The molecule has 0 unspecified atom stereocenters. The SMILES string of the molecule is C=C(Br)C[CH]c1c(F)c(F)cc(F)c1F. The number of benzene rings is 1. The van der Waals surface area contributed by atoms with Gasteiger partial charge in [-0.25, -0.2) is 17.6 Å². The highest BCUT2D eigenvalue weighted by Crippen LogP contribution is 2.23. The van der Waals surface area contributed by atoms with Gasteiger partial charge in [-0.15, -0.1) is 0 Å². The van der Waals surface area contributed by atoms with E-state index in [1.165, 1.54) is 0 Å². The zero-order chi connectivity index (χ0) is 11.6. The van der Waals surface area contributed by atoms with Crippen molar-refractivity contribution in [3.05, 3.63) is 52.4 Å². The zero-order valence-corrected chi connectivity index (χ0v) is 9.04. The Morgan fingerprint density at radius 2 is 1.67 bits per heavy atom. The van der Waals surface area contributed by atoms with Crippen LogP contribution < -0.4 is 0 Å². The molecule has 0 heterocycles. The second-order valence-corrected chi connectivity index (χ2v) is 3.93. The summed E-state index contributed by atoms with van der Waals surface area (Å²) in [6.07, 6.45) is 1.10. The molecule has 0 saturated heterocycles. The molecule has 0 aliphatic carbocycles. The fourth-order valence-corrected chi connectivity index (χ4v) is 1.15. The molecule has 0 aliphatic heterocycles. The van der Waals surface area contributed by atoms with Crippen molar-refractivity contribution >= 4 is 15.9 Å². The summed E-state index contributed by atoms with van der Waals surface area (Å²) in [5, 5.41) is 0. The first-order chi connectivity index (χ1) is 6.93. The van der Waals surface area contributed by atoms with Crippen LogP contribution in [-0.4, -0.2) is 0 Å². The lowest BCUT2D eigenvalue weighted by atomic mass is 10.1. The molecular weight excluding hydrogens is 276 g/mol. The van der Waals surface area contributed by atoms with Gasteiger partial charge in [-0.05, 0) is 10.9 Å². The lowest BCUT2D eigenvalue weighted by molar-refractivity contribution is 0.446. The van der Waals surface area contributed by atoms with Gasteiger partial charge in [0, 0.05) is 18.1 Å². The van der Waals surface area contributed by atoms with Gasteiger partial charge in [0.2, 0.25) is 0 Å². The van der Waals surface area contributed by atoms with Crippen LogP contribution in [0.2, 0.25) is 0 Å². The monoisotopic (exact) mass is 281 g/mol. The standard InChI is InChI=1S/C10H6BrF4/c1-5(11)2-3-6-9(14)7(12)4-8(13)10(6)15/h3-4H,1-2H2. The highest BCUT2D eigenvalue weighted by Gasteiger charge is 2.18. The molecule has 0 N–H and O–H groups in total. The molecule has 81 valence electrons. The van der Waals surface area contributed by atoms with Gasteiger partial charge in [0.05, 0.1) is 0 Å². The smallest absolute Gasteiger partial charge is 0.165 e. The maximum atomic E-state index is 13.0. The third-order valence-corrected chi connectivity index (χ3v) is 2.00. The van der Waals surface area contributed by atoms with Crippen LogP contribution in [0.1, 0.15) is 12.0 Å². The molecule has 0 bridgehead atoms. The van der Waals surface area contributed by atoms with E-state index in [0.717, 1.165) is 6.42 Å². The molecule has 0 nitrogen and oxygen atoms in total. The number of hydrogen-bond acceptors (Lipinski definition) is 0. The van der Waals surface area contributed by atoms with Gasteiger partial charge in [0.25, 0.3) is 0 Å². The summed E-state index contributed by atoms with van der Waals surface area (Å²) in [6.45, 7) is 3.43. The summed E-state index contributed by atoms with van der Waals surface area (Å²) in [6, 6.07) is 0.172. The van der Waals surface area contributed by atoms with E-state index in [-0.39, 0.29) is 12.5 Å². The Balaban J connectivity index is 3.09. The zero-order valence-electron chi connectivity index (χ0n) is 7.46. The minimum Gasteiger partial charge on any atom is -0.204 e. The molecule has 0 aliphatic rings. The molecule has 0 atom stereocenters. The summed E-state index contributed by atoms with van der Waals surface area (Å²) in [4.78, 5) is 0. The van der Waals surface area contributed by atoms with E-state index < -0.39 is 28.8 Å². The molecule has 0 spiro atoms. The van der Waals surface area contributed by atoms with Crippen LogP contribution in [-0.2, 0) is 0 Å². The third-order valence-electron chi connectivity index (χ3n) is 1.67. The average molecular weight is 282 g/mol. The minimum atomic E-state index is -1.42. The normalized spacial score (nSPS) is 10.5. The predicted octanol–water partition coefficient (Wildman–Crippen LogP) is 4.09. The maximum absolute atomic E-state index is 13.0. The lowest BCUT2D eigenvalue weighted by Gasteiger charge is -2.05. The second kappa shape index (κ2) is 4.79. The molecule has 1 rings (SSSR count). The highest BCUT2D eigenvalue weighted by molar-refractivity contribution is 9.11. The van der Waals surface area contributed by atoms with Crippen LogP contribution in [0.5, 0.6) is 0 Å². The van der Waals surface area contributed by atoms with Gasteiger partial charge < -0.3 is 0 Å². The van der Waals surface area contributed by atoms with E-state index in [4.69, 9.17) is 0 Å². The van der Waals surface area contributed by atoms with Gasteiger partial charge in [0.15, 0.2) is 23.3 Å². The molecule has 15 heavy (non-hydrogen) atoms. The number of halogens is 5. The summed E-state index contributed by atoms with van der Waals surface area (Å²) in [5.74, 6) is -5.63. The van der Waals surface area contributed by atoms with Crippen LogP contribution in [0, 0.1) is 29.7 Å². The van der Waals surface area contributed by atoms with Crippen molar-refractivity contribution in [1.29, 1.82) is 0 Å². The van der Waals surface area contributed by atoms with E-state index in [9.17, 15) is 17.6 Å². The van der Waals surface area contributed by atoms with Crippen molar-refractivity contribution < 1.29 is 17.6 Å².